The van der Waals surface area contributed by atoms with E-state index in [9.17, 15) is 4.39 Å². The third kappa shape index (κ3) is 2.51. The smallest absolute Gasteiger partial charge is 0.123 e. The van der Waals surface area contributed by atoms with Crippen molar-refractivity contribution in [3.05, 3.63) is 63.9 Å². The third-order valence-corrected chi connectivity index (χ3v) is 5.92. The van der Waals surface area contributed by atoms with Crippen LogP contribution >= 0.6 is 23.2 Å². The van der Waals surface area contributed by atoms with Crippen LogP contribution in [0.1, 0.15) is 5.56 Å². The zero-order chi connectivity index (χ0) is 16.0. The average Bonchev–Trinajstić information content (AvgIpc) is 2.94. The lowest BCUT2D eigenvalue weighted by Crippen LogP contribution is -2.25. The van der Waals surface area contributed by atoms with Crippen molar-refractivity contribution in [2.75, 3.05) is 19.7 Å². The molecule has 1 saturated carbocycles. The molecule has 1 heterocycles. The van der Waals surface area contributed by atoms with E-state index in [1.54, 1.807) is 12.1 Å². The van der Waals surface area contributed by atoms with Gasteiger partial charge in [0.25, 0.3) is 0 Å². The van der Waals surface area contributed by atoms with Gasteiger partial charge in [0.1, 0.15) is 11.6 Å². The summed E-state index contributed by atoms with van der Waals surface area (Å²) in [4.78, 5) is 0. The van der Waals surface area contributed by atoms with Crippen molar-refractivity contribution in [1.82, 2.24) is 5.32 Å². The molecule has 2 nitrogen and oxygen atoms in total. The Hall–Kier alpha value is -1.29. The molecule has 120 valence electrons. The van der Waals surface area contributed by atoms with E-state index in [-0.39, 0.29) is 11.2 Å². The van der Waals surface area contributed by atoms with Crippen LogP contribution in [0.3, 0.4) is 0 Å². The molecule has 2 fully saturated rings. The van der Waals surface area contributed by atoms with E-state index in [1.165, 1.54) is 17.7 Å². The zero-order valence-electron chi connectivity index (χ0n) is 12.4. The van der Waals surface area contributed by atoms with Gasteiger partial charge >= 0.3 is 0 Å². The number of hydrogen-bond acceptors (Lipinski definition) is 2. The standard InChI is InChI=1S/C18H16Cl2FNO/c19-16-6-1-11(7-17(16)20)18-10-22-8-14(18)15(18)9-23-13-4-2-12(21)3-5-13/h1-7,14-15,22H,8-10H2/t14-,15-,18+/m0/s1. The topological polar surface area (TPSA) is 21.3 Å². The lowest BCUT2D eigenvalue weighted by Gasteiger charge is -2.17. The van der Waals surface area contributed by atoms with Crippen LogP contribution < -0.4 is 10.1 Å². The molecule has 0 bridgehead atoms. The Labute approximate surface area is 144 Å². The SMILES string of the molecule is Fc1ccc(OC[C@H]2[C@@H]3CNC[C@@]32c2ccc(Cl)c(Cl)c2)cc1. The molecule has 23 heavy (non-hydrogen) atoms. The van der Waals surface area contributed by atoms with E-state index in [1.807, 2.05) is 12.1 Å². The first kappa shape index (κ1) is 15.3. The minimum Gasteiger partial charge on any atom is -0.493 e. The Morgan fingerprint density at radius 3 is 2.65 bits per heavy atom. The second-order valence-corrected chi connectivity index (χ2v) is 7.09. The van der Waals surface area contributed by atoms with Crippen molar-refractivity contribution in [2.24, 2.45) is 11.8 Å². The summed E-state index contributed by atoms with van der Waals surface area (Å²) in [6, 6.07) is 12.1. The first-order valence-corrected chi connectivity index (χ1v) is 8.41. The molecule has 5 heteroatoms. The summed E-state index contributed by atoms with van der Waals surface area (Å²) < 4.78 is 18.8. The van der Waals surface area contributed by atoms with Gasteiger partial charge in [-0.3, -0.25) is 0 Å². The van der Waals surface area contributed by atoms with Gasteiger partial charge in [-0.15, -0.1) is 0 Å². The van der Waals surface area contributed by atoms with Gasteiger partial charge in [0.15, 0.2) is 0 Å². The highest BCUT2D eigenvalue weighted by molar-refractivity contribution is 6.42. The zero-order valence-corrected chi connectivity index (χ0v) is 13.9. The second kappa shape index (κ2) is 5.66. The largest absolute Gasteiger partial charge is 0.493 e. The molecule has 0 unspecified atom stereocenters. The normalized spacial score (nSPS) is 28.5. The number of piperidine rings is 1. The summed E-state index contributed by atoms with van der Waals surface area (Å²) in [5.41, 5.74) is 1.29. The predicted molar refractivity (Wildman–Crippen MR) is 89.9 cm³/mol. The summed E-state index contributed by atoms with van der Waals surface area (Å²) >= 11 is 12.2. The molecule has 0 radical (unpaired) electrons. The van der Waals surface area contributed by atoms with Crippen LogP contribution in [0.2, 0.25) is 10.0 Å². The van der Waals surface area contributed by atoms with Gasteiger partial charge in [-0.2, -0.15) is 0 Å². The lowest BCUT2D eigenvalue weighted by molar-refractivity contribution is 0.275. The van der Waals surface area contributed by atoms with Crippen molar-refractivity contribution in [3.63, 3.8) is 0 Å². The number of halogens is 3. The first-order valence-electron chi connectivity index (χ1n) is 7.66. The summed E-state index contributed by atoms with van der Waals surface area (Å²) in [5.74, 6) is 1.43. The van der Waals surface area contributed by atoms with Gasteiger partial charge in [0, 0.05) is 17.9 Å². The number of nitrogens with one attached hydrogen (secondary N) is 1. The summed E-state index contributed by atoms with van der Waals surface area (Å²) in [6.07, 6.45) is 0. The second-order valence-electron chi connectivity index (χ2n) is 6.28. The van der Waals surface area contributed by atoms with Gasteiger partial charge in [-0.25, -0.2) is 4.39 Å². The molecule has 0 spiro atoms. The maximum Gasteiger partial charge on any atom is 0.123 e. The molecule has 2 aliphatic rings. The van der Waals surface area contributed by atoms with Crippen molar-refractivity contribution in [1.29, 1.82) is 0 Å². The molecule has 3 atom stereocenters. The number of fused-ring (bicyclic) bond motifs is 1. The van der Waals surface area contributed by atoms with Crippen molar-refractivity contribution in [3.8, 4) is 5.75 Å². The van der Waals surface area contributed by atoms with Crippen LogP contribution in [-0.2, 0) is 5.41 Å². The van der Waals surface area contributed by atoms with E-state index >= 15 is 0 Å². The molecule has 1 aliphatic heterocycles. The Morgan fingerprint density at radius 1 is 1.13 bits per heavy atom. The monoisotopic (exact) mass is 351 g/mol. The minimum atomic E-state index is -0.253. The van der Waals surface area contributed by atoms with E-state index in [2.05, 4.69) is 11.4 Å². The predicted octanol–water partition coefficient (Wildman–Crippen LogP) is 4.30. The molecule has 4 rings (SSSR count). The van der Waals surface area contributed by atoms with Gasteiger partial charge in [-0.05, 0) is 54.4 Å². The van der Waals surface area contributed by atoms with Crippen LogP contribution in [0.5, 0.6) is 5.75 Å². The van der Waals surface area contributed by atoms with E-state index in [0.29, 0.717) is 34.2 Å². The molecule has 0 aromatic heterocycles. The fourth-order valence-electron chi connectivity index (χ4n) is 3.92. The van der Waals surface area contributed by atoms with Gasteiger partial charge in [0.2, 0.25) is 0 Å². The quantitative estimate of drug-likeness (QED) is 0.886. The van der Waals surface area contributed by atoms with Crippen LogP contribution in [0.4, 0.5) is 4.39 Å². The lowest BCUT2D eigenvalue weighted by atomic mass is 9.93. The molecule has 1 saturated heterocycles. The summed E-state index contributed by atoms with van der Waals surface area (Å²) in [6.45, 7) is 2.53. The summed E-state index contributed by atoms with van der Waals surface area (Å²) in [7, 11) is 0. The van der Waals surface area contributed by atoms with Gasteiger partial charge < -0.3 is 10.1 Å². The maximum absolute atomic E-state index is 13.0. The molecule has 0 amide bonds. The maximum atomic E-state index is 13.0. The van der Waals surface area contributed by atoms with E-state index in [4.69, 9.17) is 27.9 Å². The molecule has 1 N–H and O–H groups in total. The van der Waals surface area contributed by atoms with E-state index < -0.39 is 0 Å². The van der Waals surface area contributed by atoms with Gasteiger partial charge in [-0.1, -0.05) is 29.3 Å². The van der Waals surface area contributed by atoms with Crippen molar-refractivity contribution in [2.45, 2.75) is 5.41 Å². The fourth-order valence-corrected chi connectivity index (χ4v) is 4.22. The highest BCUT2D eigenvalue weighted by Gasteiger charge is 2.67. The average molecular weight is 352 g/mol. The molecular formula is C18H16Cl2FNO. The third-order valence-electron chi connectivity index (χ3n) is 5.18. The Kier molecular flexibility index (Phi) is 3.75. The van der Waals surface area contributed by atoms with Crippen LogP contribution in [0.25, 0.3) is 0 Å². The number of benzene rings is 2. The summed E-state index contributed by atoms with van der Waals surface area (Å²) in [5, 5.41) is 4.62. The van der Waals surface area contributed by atoms with Crippen molar-refractivity contribution < 1.29 is 9.13 Å². The van der Waals surface area contributed by atoms with E-state index in [0.717, 1.165) is 13.1 Å². The molecule has 1 aliphatic carbocycles. The molecule has 2 aromatic rings. The number of ether oxygens (including phenoxy) is 1. The Morgan fingerprint density at radius 2 is 1.91 bits per heavy atom. The molecule has 2 aromatic carbocycles. The molecular weight excluding hydrogens is 336 g/mol. The minimum absolute atomic E-state index is 0.0776. The fraction of sp³-hybridized carbons (Fsp3) is 0.333. The van der Waals surface area contributed by atoms with Crippen LogP contribution in [0, 0.1) is 17.7 Å². The Bertz CT molecular complexity index is 736. The van der Waals surface area contributed by atoms with Crippen LogP contribution in [-0.4, -0.2) is 19.7 Å². The highest BCUT2D eigenvalue weighted by atomic mass is 35.5. The number of hydrogen-bond donors (Lipinski definition) is 1. The van der Waals surface area contributed by atoms with Crippen LogP contribution in [0.15, 0.2) is 42.5 Å². The first-order chi connectivity index (χ1) is 11.1. The highest BCUT2D eigenvalue weighted by Crippen LogP contribution is 2.62. The van der Waals surface area contributed by atoms with Gasteiger partial charge in [0.05, 0.1) is 16.7 Å². The number of rotatable bonds is 4. The Balaban J connectivity index is 1.52. The van der Waals surface area contributed by atoms with Crippen molar-refractivity contribution >= 4 is 23.2 Å².